The Kier molecular flexibility index (Phi) is 10.2. The van der Waals surface area contributed by atoms with Gasteiger partial charge in [-0.1, -0.05) is 19.1 Å². The van der Waals surface area contributed by atoms with Crippen molar-refractivity contribution in [2.24, 2.45) is 5.92 Å². The summed E-state index contributed by atoms with van der Waals surface area (Å²) in [4.78, 5) is 39.2. The molecule has 166 valence electrons. The Labute approximate surface area is 182 Å². The minimum absolute atomic E-state index is 0.140. The van der Waals surface area contributed by atoms with Crippen molar-refractivity contribution < 1.29 is 23.9 Å². The summed E-state index contributed by atoms with van der Waals surface area (Å²) in [5, 5.41) is 2.74. The Bertz CT molecular complexity index is 719. The Hall–Kier alpha value is -2.06. The van der Waals surface area contributed by atoms with Crippen LogP contribution in [0, 0.1) is 5.92 Å². The van der Waals surface area contributed by atoms with Gasteiger partial charge in [-0.25, -0.2) is 4.79 Å². The highest BCUT2D eigenvalue weighted by atomic mass is 32.2. The average Bonchev–Trinajstić information content (AvgIpc) is 2.76. The van der Waals surface area contributed by atoms with Gasteiger partial charge >= 0.3 is 5.97 Å². The summed E-state index contributed by atoms with van der Waals surface area (Å²) in [6, 6.07) is 7.15. The van der Waals surface area contributed by atoms with Gasteiger partial charge in [-0.05, 0) is 43.7 Å². The van der Waals surface area contributed by atoms with E-state index in [-0.39, 0.29) is 30.2 Å². The van der Waals surface area contributed by atoms with Gasteiger partial charge in [0.25, 0.3) is 5.91 Å². The number of hydrogen-bond acceptors (Lipinski definition) is 6. The normalized spacial score (nSPS) is 18.5. The van der Waals surface area contributed by atoms with Crippen LogP contribution in [-0.4, -0.2) is 68.4 Å². The predicted octanol–water partition coefficient (Wildman–Crippen LogP) is 2.74. The third kappa shape index (κ3) is 7.65. The van der Waals surface area contributed by atoms with Crippen LogP contribution in [0.5, 0.6) is 0 Å². The molecule has 1 aromatic carbocycles. The first-order chi connectivity index (χ1) is 14.4. The van der Waals surface area contributed by atoms with Crippen molar-refractivity contribution in [3.8, 4) is 0 Å². The number of esters is 1. The first kappa shape index (κ1) is 24.2. The highest BCUT2D eigenvalue weighted by Gasteiger charge is 2.25. The Morgan fingerprint density at radius 1 is 1.17 bits per heavy atom. The largest absolute Gasteiger partial charge is 0.452 e. The first-order valence-corrected chi connectivity index (χ1v) is 11.3. The van der Waals surface area contributed by atoms with Gasteiger partial charge in [0.15, 0.2) is 6.61 Å². The van der Waals surface area contributed by atoms with Gasteiger partial charge < -0.3 is 19.7 Å². The van der Waals surface area contributed by atoms with E-state index in [9.17, 15) is 14.4 Å². The molecule has 2 amide bonds. The molecule has 0 saturated heterocycles. The lowest BCUT2D eigenvalue weighted by Gasteiger charge is -2.33. The number of carbonyl (C=O) groups is 3. The number of benzene rings is 1. The molecular weight excluding hydrogens is 404 g/mol. The summed E-state index contributed by atoms with van der Waals surface area (Å²) >= 11 is 1.26. The number of ether oxygens (including phenoxy) is 2. The number of nitrogens with one attached hydrogen (secondary N) is 1. The zero-order chi connectivity index (χ0) is 21.9. The predicted molar refractivity (Wildman–Crippen MR) is 117 cm³/mol. The van der Waals surface area contributed by atoms with Gasteiger partial charge in [0.05, 0.1) is 17.9 Å². The van der Waals surface area contributed by atoms with Crippen molar-refractivity contribution in [3.05, 3.63) is 29.8 Å². The molecule has 0 unspecified atom stereocenters. The number of likely N-dealkylation sites (N-methyl/N-ethyl adjacent to an activating group) is 1. The first-order valence-electron chi connectivity index (χ1n) is 10.3. The van der Waals surface area contributed by atoms with Crippen LogP contribution in [0.25, 0.3) is 0 Å². The van der Waals surface area contributed by atoms with Gasteiger partial charge in [0, 0.05) is 31.6 Å². The van der Waals surface area contributed by atoms with Crippen LogP contribution in [0.3, 0.4) is 0 Å². The van der Waals surface area contributed by atoms with Crippen LogP contribution in [0.4, 0.5) is 0 Å². The summed E-state index contributed by atoms with van der Waals surface area (Å²) in [7, 11) is 3.35. The van der Waals surface area contributed by atoms with E-state index in [1.165, 1.54) is 11.8 Å². The maximum Gasteiger partial charge on any atom is 0.339 e. The lowest BCUT2D eigenvalue weighted by Crippen LogP contribution is -2.41. The number of hydrogen-bond donors (Lipinski definition) is 1. The molecule has 1 fully saturated rings. The molecule has 0 aliphatic heterocycles. The van der Waals surface area contributed by atoms with Crippen molar-refractivity contribution in [2.45, 2.75) is 43.5 Å². The van der Waals surface area contributed by atoms with Crippen molar-refractivity contribution in [1.29, 1.82) is 0 Å². The molecule has 1 N–H and O–H groups in total. The monoisotopic (exact) mass is 436 g/mol. The molecule has 0 heterocycles. The Balaban J connectivity index is 1.85. The number of carbonyl (C=O) groups excluding carboxylic acids is 3. The van der Waals surface area contributed by atoms with E-state index >= 15 is 0 Å². The zero-order valence-corrected chi connectivity index (χ0v) is 18.8. The standard InChI is InChI=1S/C22H32N2O5S/c1-16-8-10-17(11-9-16)24(2)21(26)14-29-22(27)18-6-4-5-7-19(18)30-15-20(25)23-12-13-28-3/h4-7,16-17H,8-15H2,1-3H3,(H,23,25). The topological polar surface area (TPSA) is 84.9 Å². The number of thioether (sulfide) groups is 1. The second-order valence-corrected chi connectivity index (χ2v) is 8.64. The fourth-order valence-corrected chi connectivity index (χ4v) is 4.26. The molecule has 7 nitrogen and oxygen atoms in total. The van der Waals surface area contributed by atoms with E-state index in [4.69, 9.17) is 9.47 Å². The molecule has 1 aromatic rings. The molecule has 2 rings (SSSR count). The summed E-state index contributed by atoms with van der Waals surface area (Å²) in [5.74, 6) is -0.00425. The quantitative estimate of drug-likeness (QED) is 0.345. The van der Waals surface area contributed by atoms with Gasteiger partial charge in [-0.15, -0.1) is 11.8 Å². The van der Waals surface area contributed by atoms with Gasteiger partial charge in [-0.2, -0.15) is 0 Å². The number of amides is 2. The number of nitrogens with zero attached hydrogens (tertiary/aromatic N) is 1. The van der Waals surface area contributed by atoms with Crippen molar-refractivity contribution >= 4 is 29.5 Å². The Morgan fingerprint density at radius 3 is 2.57 bits per heavy atom. The van der Waals surface area contributed by atoms with Crippen molar-refractivity contribution in [3.63, 3.8) is 0 Å². The van der Waals surface area contributed by atoms with E-state index in [2.05, 4.69) is 12.2 Å². The average molecular weight is 437 g/mol. The molecule has 8 heteroatoms. The molecule has 0 spiro atoms. The summed E-state index contributed by atoms with van der Waals surface area (Å²) in [6.07, 6.45) is 4.21. The molecule has 0 aromatic heterocycles. The fourth-order valence-electron chi connectivity index (χ4n) is 3.39. The van der Waals surface area contributed by atoms with Crippen LogP contribution in [-0.2, 0) is 19.1 Å². The summed E-state index contributed by atoms with van der Waals surface area (Å²) in [5.41, 5.74) is 0.356. The summed E-state index contributed by atoms with van der Waals surface area (Å²) < 4.78 is 10.2. The molecular formula is C22H32N2O5S. The molecule has 30 heavy (non-hydrogen) atoms. The molecule has 1 saturated carbocycles. The van der Waals surface area contributed by atoms with E-state index in [0.29, 0.717) is 29.5 Å². The molecule has 1 aliphatic rings. The second-order valence-electron chi connectivity index (χ2n) is 7.62. The SMILES string of the molecule is COCCNC(=O)CSc1ccccc1C(=O)OCC(=O)N(C)C1CCC(C)CC1. The fraction of sp³-hybridized carbons (Fsp3) is 0.591. The van der Waals surface area contributed by atoms with Gasteiger partial charge in [-0.3, -0.25) is 9.59 Å². The lowest BCUT2D eigenvalue weighted by atomic mass is 9.87. The minimum atomic E-state index is -0.558. The van der Waals surface area contributed by atoms with E-state index < -0.39 is 5.97 Å². The molecule has 0 bridgehead atoms. The van der Waals surface area contributed by atoms with Crippen LogP contribution >= 0.6 is 11.8 Å². The third-order valence-corrected chi connectivity index (χ3v) is 6.42. The summed E-state index contributed by atoms with van der Waals surface area (Å²) in [6.45, 7) is 2.84. The van der Waals surface area contributed by atoms with Crippen molar-refractivity contribution in [1.82, 2.24) is 10.2 Å². The van der Waals surface area contributed by atoms with Crippen LogP contribution in [0.15, 0.2) is 29.2 Å². The van der Waals surface area contributed by atoms with E-state index in [1.54, 1.807) is 43.3 Å². The Morgan fingerprint density at radius 2 is 1.87 bits per heavy atom. The maximum absolute atomic E-state index is 12.5. The van der Waals surface area contributed by atoms with Crippen LogP contribution in [0.1, 0.15) is 43.0 Å². The molecule has 0 radical (unpaired) electrons. The highest BCUT2D eigenvalue weighted by molar-refractivity contribution is 8.00. The van der Waals surface area contributed by atoms with Gasteiger partial charge in [0.2, 0.25) is 5.91 Å². The van der Waals surface area contributed by atoms with Gasteiger partial charge in [0.1, 0.15) is 0 Å². The second kappa shape index (κ2) is 12.6. The smallest absolute Gasteiger partial charge is 0.339 e. The lowest BCUT2D eigenvalue weighted by molar-refractivity contribution is -0.136. The molecule has 1 aliphatic carbocycles. The van der Waals surface area contributed by atoms with E-state index in [0.717, 1.165) is 25.7 Å². The number of methoxy groups -OCH3 is 1. The molecule has 0 atom stereocenters. The van der Waals surface area contributed by atoms with Crippen molar-refractivity contribution in [2.75, 3.05) is 39.7 Å². The zero-order valence-electron chi connectivity index (χ0n) is 18.0. The van der Waals surface area contributed by atoms with Crippen LogP contribution < -0.4 is 5.32 Å². The van der Waals surface area contributed by atoms with Crippen LogP contribution in [0.2, 0.25) is 0 Å². The maximum atomic E-state index is 12.5. The number of rotatable bonds is 10. The van der Waals surface area contributed by atoms with E-state index in [1.807, 2.05) is 0 Å². The third-order valence-electron chi connectivity index (χ3n) is 5.35. The highest BCUT2D eigenvalue weighted by Crippen LogP contribution is 2.27. The minimum Gasteiger partial charge on any atom is -0.452 e.